The van der Waals surface area contributed by atoms with Crippen LogP contribution in [0.4, 0.5) is 0 Å². The first kappa shape index (κ1) is 13.2. The molecule has 0 aromatic rings. The van der Waals surface area contributed by atoms with Gasteiger partial charge in [0.05, 0.1) is 6.54 Å². The molecule has 0 bridgehead atoms. The van der Waals surface area contributed by atoms with Gasteiger partial charge in [-0.3, -0.25) is 4.99 Å². The third-order valence-corrected chi connectivity index (χ3v) is 1.61. The summed E-state index contributed by atoms with van der Waals surface area (Å²) in [5.41, 5.74) is 5.40. The molecule has 0 aliphatic heterocycles. The Hall–Kier alpha value is -0.770. The van der Waals surface area contributed by atoms with E-state index in [1.807, 2.05) is 34.6 Å². The minimum Gasteiger partial charge on any atom is -0.396 e. The first-order valence-electron chi connectivity index (χ1n) is 4.85. The zero-order chi connectivity index (χ0) is 11.4. The molecule has 0 unspecified atom stereocenters. The molecule has 4 nitrogen and oxygen atoms in total. The van der Waals surface area contributed by atoms with E-state index < -0.39 is 0 Å². The number of aliphatic hydroxyl groups is 1. The Kier molecular flexibility index (Phi) is 4.39. The van der Waals surface area contributed by atoms with Crippen LogP contribution < -0.4 is 11.1 Å². The van der Waals surface area contributed by atoms with Gasteiger partial charge in [0.25, 0.3) is 0 Å². The highest BCUT2D eigenvalue weighted by atomic mass is 16.3. The second-order valence-corrected chi connectivity index (χ2v) is 5.40. The third kappa shape index (κ3) is 6.71. The maximum Gasteiger partial charge on any atom is 0.189 e. The smallest absolute Gasteiger partial charge is 0.189 e. The van der Waals surface area contributed by atoms with Crippen molar-refractivity contribution in [1.29, 1.82) is 0 Å². The zero-order valence-corrected chi connectivity index (χ0v) is 9.89. The fourth-order valence-corrected chi connectivity index (χ4v) is 0.773. The van der Waals surface area contributed by atoms with E-state index in [0.717, 1.165) is 0 Å². The topological polar surface area (TPSA) is 70.6 Å². The van der Waals surface area contributed by atoms with E-state index in [1.165, 1.54) is 0 Å². The predicted molar refractivity (Wildman–Crippen MR) is 60.2 cm³/mol. The zero-order valence-electron chi connectivity index (χ0n) is 9.89. The number of nitrogens with one attached hydrogen (secondary N) is 1. The van der Waals surface area contributed by atoms with Gasteiger partial charge in [0.15, 0.2) is 5.96 Å². The molecule has 0 heterocycles. The van der Waals surface area contributed by atoms with Crippen molar-refractivity contribution < 1.29 is 5.11 Å². The average molecular weight is 201 g/mol. The van der Waals surface area contributed by atoms with Crippen LogP contribution in [0, 0.1) is 5.41 Å². The van der Waals surface area contributed by atoms with Gasteiger partial charge in [-0.05, 0) is 20.8 Å². The second-order valence-electron chi connectivity index (χ2n) is 5.40. The number of nitrogens with two attached hydrogens (primary N) is 1. The van der Waals surface area contributed by atoms with Gasteiger partial charge in [-0.1, -0.05) is 13.8 Å². The molecule has 0 aliphatic carbocycles. The van der Waals surface area contributed by atoms with Crippen LogP contribution in [0.1, 0.15) is 34.6 Å². The van der Waals surface area contributed by atoms with Crippen molar-refractivity contribution >= 4 is 5.96 Å². The molecule has 0 aromatic heterocycles. The minimum absolute atomic E-state index is 0.0725. The molecule has 0 saturated carbocycles. The highest BCUT2D eigenvalue weighted by Gasteiger charge is 2.16. The minimum atomic E-state index is -0.204. The Balaban J connectivity index is 4.14. The summed E-state index contributed by atoms with van der Waals surface area (Å²) in [7, 11) is 0. The van der Waals surface area contributed by atoms with E-state index in [0.29, 0.717) is 12.5 Å². The molecule has 0 fully saturated rings. The van der Waals surface area contributed by atoms with E-state index >= 15 is 0 Å². The van der Waals surface area contributed by atoms with Gasteiger partial charge < -0.3 is 16.2 Å². The van der Waals surface area contributed by atoms with Crippen LogP contribution >= 0.6 is 0 Å². The molecule has 0 atom stereocenters. The van der Waals surface area contributed by atoms with Crippen LogP contribution in [0.25, 0.3) is 0 Å². The Labute approximate surface area is 86.6 Å². The fraction of sp³-hybridized carbons (Fsp3) is 0.900. The molecule has 0 spiro atoms. The molecule has 0 rings (SSSR count). The van der Waals surface area contributed by atoms with Crippen molar-refractivity contribution in [2.75, 3.05) is 13.2 Å². The highest BCUT2D eigenvalue weighted by molar-refractivity contribution is 5.78. The third-order valence-electron chi connectivity index (χ3n) is 1.61. The van der Waals surface area contributed by atoms with Crippen molar-refractivity contribution in [1.82, 2.24) is 5.32 Å². The van der Waals surface area contributed by atoms with Crippen molar-refractivity contribution in [3.63, 3.8) is 0 Å². The van der Waals surface area contributed by atoms with Gasteiger partial charge in [-0.25, -0.2) is 0 Å². The van der Waals surface area contributed by atoms with Crippen LogP contribution in [-0.2, 0) is 0 Å². The van der Waals surface area contributed by atoms with Crippen LogP contribution in [0.15, 0.2) is 4.99 Å². The number of nitrogens with zero attached hydrogens (tertiary/aromatic N) is 1. The largest absolute Gasteiger partial charge is 0.396 e. The van der Waals surface area contributed by atoms with E-state index in [4.69, 9.17) is 10.8 Å². The number of guanidine groups is 1. The molecule has 0 radical (unpaired) electrons. The summed E-state index contributed by atoms with van der Waals surface area (Å²) in [6.45, 7) is 10.6. The highest BCUT2D eigenvalue weighted by Crippen LogP contribution is 2.13. The standard InChI is InChI=1S/C10H23N3O/c1-9(2,3)13-8(11)12-6-10(4,5)7-14/h14H,6-7H2,1-5H3,(H3,11,12,13). The summed E-state index contributed by atoms with van der Waals surface area (Å²) in [6.07, 6.45) is 0. The summed E-state index contributed by atoms with van der Waals surface area (Å²) in [5.74, 6) is 0.430. The lowest BCUT2D eigenvalue weighted by Crippen LogP contribution is -2.45. The van der Waals surface area contributed by atoms with Gasteiger partial charge >= 0.3 is 0 Å². The fourth-order valence-electron chi connectivity index (χ4n) is 0.773. The van der Waals surface area contributed by atoms with Gasteiger partial charge in [0, 0.05) is 17.6 Å². The molecule has 0 amide bonds. The van der Waals surface area contributed by atoms with Gasteiger partial charge in [0.1, 0.15) is 0 Å². The Morgan fingerprint density at radius 3 is 2.14 bits per heavy atom. The maximum absolute atomic E-state index is 9.01. The number of aliphatic hydroxyl groups excluding tert-OH is 1. The quantitative estimate of drug-likeness (QED) is 0.465. The molecular weight excluding hydrogens is 178 g/mol. The van der Waals surface area contributed by atoms with Crippen LogP contribution in [0.2, 0.25) is 0 Å². The van der Waals surface area contributed by atoms with Crippen LogP contribution in [-0.4, -0.2) is 29.8 Å². The Bertz CT molecular complexity index is 204. The first-order valence-corrected chi connectivity index (χ1v) is 4.85. The SMILES string of the molecule is CC(C)(CO)CN=C(N)NC(C)(C)C. The van der Waals surface area contributed by atoms with Crippen LogP contribution in [0.3, 0.4) is 0 Å². The lowest BCUT2D eigenvalue weighted by atomic mass is 9.95. The summed E-state index contributed by atoms with van der Waals surface area (Å²) in [5, 5.41) is 12.1. The first-order chi connectivity index (χ1) is 6.16. The number of rotatable bonds is 3. The van der Waals surface area contributed by atoms with E-state index in [9.17, 15) is 0 Å². The second kappa shape index (κ2) is 4.64. The maximum atomic E-state index is 9.01. The Morgan fingerprint density at radius 1 is 1.29 bits per heavy atom. The van der Waals surface area contributed by atoms with Gasteiger partial charge in [0.2, 0.25) is 0 Å². The normalized spacial score (nSPS) is 14.3. The average Bonchev–Trinajstić information content (AvgIpc) is 1.98. The predicted octanol–water partition coefficient (Wildman–Crippen LogP) is 0.708. The summed E-state index contributed by atoms with van der Waals surface area (Å²) in [4.78, 5) is 4.18. The van der Waals surface area contributed by atoms with E-state index in [-0.39, 0.29) is 17.6 Å². The summed E-state index contributed by atoms with van der Waals surface area (Å²) < 4.78 is 0. The van der Waals surface area contributed by atoms with Crippen molar-refractivity contribution in [2.24, 2.45) is 16.1 Å². The molecule has 84 valence electrons. The van der Waals surface area contributed by atoms with Gasteiger partial charge in [-0.2, -0.15) is 0 Å². The summed E-state index contributed by atoms with van der Waals surface area (Å²) >= 11 is 0. The van der Waals surface area contributed by atoms with E-state index in [2.05, 4.69) is 10.3 Å². The molecule has 0 aliphatic rings. The number of hydrogen-bond acceptors (Lipinski definition) is 2. The molecular formula is C10H23N3O. The number of hydrogen-bond donors (Lipinski definition) is 3. The molecule has 4 heteroatoms. The van der Waals surface area contributed by atoms with E-state index in [1.54, 1.807) is 0 Å². The lowest BCUT2D eigenvalue weighted by Gasteiger charge is -2.23. The molecule has 0 saturated heterocycles. The van der Waals surface area contributed by atoms with Crippen molar-refractivity contribution in [3.05, 3.63) is 0 Å². The van der Waals surface area contributed by atoms with Crippen molar-refractivity contribution in [2.45, 2.75) is 40.2 Å². The monoisotopic (exact) mass is 201 g/mol. The molecule has 0 aromatic carbocycles. The van der Waals surface area contributed by atoms with Crippen molar-refractivity contribution in [3.8, 4) is 0 Å². The van der Waals surface area contributed by atoms with Gasteiger partial charge in [-0.15, -0.1) is 0 Å². The van der Waals surface area contributed by atoms with Crippen LogP contribution in [0.5, 0.6) is 0 Å². The molecule has 14 heavy (non-hydrogen) atoms. The lowest BCUT2D eigenvalue weighted by molar-refractivity contribution is 0.167. The number of aliphatic imine (C=N–C) groups is 1. The molecule has 4 N–H and O–H groups in total. The summed E-state index contributed by atoms with van der Waals surface area (Å²) in [6, 6.07) is 0. The Morgan fingerprint density at radius 2 is 1.79 bits per heavy atom.